The van der Waals surface area contributed by atoms with E-state index in [1.807, 2.05) is 24.3 Å². The summed E-state index contributed by atoms with van der Waals surface area (Å²) in [6.07, 6.45) is 0.147. The number of benzene rings is 2. The van der Waals surface area contributed by atoms with Gasteiger partial charge >= 0.3 is 5.97 Å². The van der Waals surface area contributed by atoms with Crippen LogP contribution in [0, 0.1) is 11.8 Å². The second-order valence-electron chi connectivity index (χ2n) is 7.55. The Kier molecular flexibility index (Phi) is 5.88. The summed E-state index contributed by atoms with van der Waals surface area (Å²) in [4.78, 5) is 12.2. The average molecular weight is 478 g/mol. The molecule has 2 fully saturated rings. The molecule has 0 spiro atoms. The second kappa shape index (κ2) is 8.43. The van der Waals surface area contributed by atoms with Gasteiger partial charge in [0.25, 0.3) is 0 Å². The Morgan fingerprint density at radius 3 is 2.27 bits per heavy atom. The minimum atomic E-state index is -0.832. The van der Waals surface area contributed by atoms with Gasteiger partial charge < -0.3 is 19.7 Å². The molecule has 5 N–H and O–H groups in total. The fourth-order valence-electron chi connectivity index (χ4n) is 4.47. The van der Waals surface area contributed by atoms with Gasteiger partial charge in [-0.15, -0.1) is 0 Å². The molecule has 5 unspecified atom stereocenters. The summed E-state index contributed by atoms with van der Waals surface area (Å²) in [6.45, 7) is 0. The third-order valence-corrected chi connectivity index (χ3v) is 6.48. The van der Waals surface area contributed by atoms with E-state index in [1.165, 1.54) is 14.2 Å². The first-order valence-electron chi connectivity index (χ1n) is 9.63. The van der Waals surface area contributed by atoms with Crippen LogP contribution in [-0.4, -0.2) is 36.6 Å². The fraction of sp³-hybridized carbons (Fsp3) is 0.381. The van der Waals surface area contributed by atoms with Crippen molar-refractivity contribution in [1.82, 2.24) is 16.2 Å². The predicted molar refractivity (Wildman–Crippen MR) is 113 cm³/mol. The molecule has 2 aromatic carbocycles. The highest BCUT2D eigenvalue weighted by atomic mass is 79.9. The van der Waals surface area contributed by atoms with Crippen LogP contribution >= 0.6 is 15.9 Å². The number of hydrogen-bond acceptors (Lipinski definition) is 7. The van der Waals surface area contributed by atoms with Crippen LogP contribution in [0.4, 0.5) is 0 Å². The molecule has 0 bridgehead atoms. The Labute approximate surface area is 182 Å². The van der Waals surface area contributed by atoms with Crippen molar-refractivity contribution in [3.05, 3.63) is 52.0 Å². The maximum Gasteiger partial charge on any atom is 0.307 e. The maximum absolute atomic E-state index is 12.2. The Morgan fingerprint density at radius 1 is 1.07 bits per heavy atom. The van der Waals surface area contributed by atoms with E-state index in [-0.39, 0.29) is 41.4 Å². The lowest BCUT2D eigenvalue weighted by molar-refractivity contribution is -0.146. The monoisotopic (exact) mass is 477 g/mol. The highest BCUT2D eigenvalue weighted by Crippen LogP contribution is 2.45. The topological polar surface area (TPSA) is 112 Å². The highest BCUT2D eigenvalue weighted by molar-refractivity contribution is 9.10. The summed E-state index contributed by atoms with van der Waals surface area (Å²) < 4.78 is 11.5. The number of hydrogen-bond donors (Lipinski definition) is 5. The van der Waals surface area contributed by atoms with E-state index in [0.29, 0.717) is 6.42 Å². The van der Waals surface area contributed by atoms with Gasteiger partial charge in [0, 0.05) is 16.4 Å². The summed E-state index contributed by atoms with van der Waals surface area (Å²) in [6, 6.07) is 10.9. The van der Waals surface area contributed by atoms with Gasteiger partial charge in [0.05, 0.1) is 32.3 Å². The van der Waals surface area contributed by atoms with Crippen LogP contribution in [0.15, 0.2) is 40.9 Å². The minimum Gasteiger partial charge on any atom is -0.502 e. The van der Waals surface area contributed by atoms with Crippen LogP contribution in [0.25, 0.3) is 0 Å². The van der Waals surface area contributed by atoms with Gasteiger partial charge in [0.15, 0.2) is 11.5 Å². The van der Waals surface area contributed by atoms with E-state index in [1.54, 1.807) is 12.1 Å². The lowest BCUT2D eigenvalue weighted by atomic mass is 9.75. The van der Waals surface area contributed by atoms with E-state index in [0.717, 1.165) is 15.6 Å². The Bertz CT molecular complexity index is 914. The van der Waals surface area contributed by atoms with Gasteiger partial charge in [0.2, 0.25) is 5.75 Å². The fourth-order valence-corrected chi connectivity index (χ4v) is 4.73. The number of ether oxygens (including phenoxy) is 2. The van der Waals surface area contributed by atoms with Crippen molar-refractivity contribution in [2.24, 2.45) is 11.8 Å². The van der Waals surface area contributed by atoms with Gasteiger partial charge in [-0.05, 0) is 41.8 Å². The van der Waals surface area contributed by atoms with Crippen LogP contribution in [0.1, 0.15) is 29.6 Å². The molecular weight excluding hydrogens is 454 g/mol. The minimum absolute atomic E-state index is 0.0804. The van der Waals surface area contributed by atoms with Gasteiger partial charge in [-0.2, -0.15) is 0 Å². The molecule has 2 aliphatic rings. The van der Waals surface area contributed by atoms with Gasteiger partial charge in [-0.1, -0.05) is 28.1 Å². The number of aromatic hydroxyl groups is 1. The molecule has 0 radical (unpaired) electrons. The number of halogens is 1. The molecule has 2 aliphatic heterocycles. The molecule has 0 aromatic heterocycles. The Balaban J connectivity index is 1.65. The molecule has 0 aliphatic carbocycles. The predicted octanol–water partition coefficient (Wildman–Crippen LogP) is 2.70. The maximum atomic E-state index is 12.2. The molecule has 2 heterocycles. The third kappa shape index (κ3) is 3.74. The van der Waals surface area contributed by atoms with E-state index in [9.17, 15) is 15.0 Å². The Hall–Kier alpha value is -2.33. The van der Waals surface area contributed by atoms with Gasteiger partial charge in [-0.3, -0.25) is 10.1 Å². The first-order chi connectivity index (χ1) is 14.4. The number of carbonyl (C=O) groups is 1. The number of aliphatic carboxylic acids is 1. The van der Waals surface area contributed by atoms with Crippen LogP contribution in [0.3, 0.4) is 0 Å². The number of fused-ring (bicyclic) bond motifs is 1. The smallest absolute Gasteiger partial charge is 0.307 e. The Morgan fingerprint density at radius 2 is 1.70 bits per heavy atom. The summed E-state index contributed by atoms with van der Waals surface area (Å²) in [7, 11) is 2.93. The van der Waals surface area contributed by atoms with E-state index >= 15 is 0 Å². The molecule has 8 nitrogen and oxygen atoms in total. The number of rotatable bonds is 5. The van der Waals surface area contributed by atoms with Gasteiger partial charge in [0.1, 0.15) is 0 Å². The molecular formula is C21H24BrN3O5. The number of phenols is 1. The molecule has 5 atom stereocenters. The normalized spacial score (nSPS) is 28.0. The van der Waals surface area contributed by atoms with Crippen molar-refractivity contribution >= 4 is 21.9 Å². The van der Waals surface area contributed by atoms with Crippen LogP contribution in [0.2, 0.25) is 0 Å². The van der Waals surface area contributed by atoms with Crippen molar-refractivity contribution in [3.8, 4) is 17.2 Å². The lowest BCUT2D eigenvalue weighted by Crippen LogP contribution is -2.53. The van der Waals surface area contributed by atoms with Crippen LogP contribution < -0.4 is 25.6 Å². The molecule has 9 heteroatoms. The number of phenolic OH excluding ortho intramolecular Hbond substituents is 1. The SMILES string of the molecule is COc1cc(C2CC(C(=O)O)C3C(NNC3c3ccc(Br)cc3)N2)cc(OC)c1O. The number of nitrogens with one attached hydrogen (secondary N) is 3. The molecule has 30 heavy (non-hydrogen) atoms. The van der Waals surface area contributed by atoms with E-state index in [2.05, 4.69) is 32.1 Å². The number of carboxylic acids is 1. The quantitative estimate of drug-likeness (QED) is 0.446. The number of piperidine rings is 1. The van der Waals surface area contributed by atoms with E-state index in [4.69, 9.17) is 9.47 Å². The molecule has 4 rings (SSSR count). The molecule has 2 aromatic rings. The zero-order chi connectivity index (χ0) is 21.4. The standard InChI is InChI=1S/C21H24BrN3O5/c1-29-15-7-11(8-16(30-2)19(15)26)14-9-13(21(27)28)17-18(24-25-20(17)23-14)10-3-5-12(22)6-4-10/h3-8,13-14,17-18,20,23-26H,9H2,1-2H3,(H,27,28). The third-order valence-electron chi connectivity index (χ3n) is 5.95. The van der Waals surface area contributed by atoms with E-state index < -0.39 is 11.9 Å². The summed E-state index contributed by atoms with van der Waals surface area (Å²) in [5.41, 5.74) is 8.31. The molecule has 0 amide bonds. The van der Waals surface area contributed by atoms with Crippen molar-refractivity contribution in [2.45, 2.75) is 24.7 Å². The van der Waals surface area contributed by atoms with Crippen molar-refractivity contribution in [2.75, 3.05) is 14.2 Å². The zero-order valence-electron chi connectivity index (χ0n) is 16.6. The largest absolute Gasteiger partial charge is 0.502 e. The molecule has 160 valence electrons. The average Bonchev–Trinajstić information content (AvgIpc) is 3.17. The summed E-state index contributed by atoms with van der Waals surface area (Å²) >= 11 is 3.44. The number of carboxylic acid groups (broad SMARTS) is 1. The lowest BCUT2D eigenvalue weighted by Gasteiger charge is -2.39. The van der Waals surface area contributed by atoms with Crippen molar-refractivity contribution in [3.63, 3.8) is 0 Å². The number of methoxy groups -OCH3 is 2. The van der Waals surface area contributed by atoms with Crippen LogP contribution in [0.5, 0.6) is 17.2 Å². The van der Waals surface area contributed by atoms with Crippen molar-refractivity contribution in [1.29, 1.82) is 0 Å². The van der Waals surface area contributed by atoms with Crippen LogP contribution in [-0.2, 0) is 4.79 Å². The zero-order valence-corrected chi connectivity index (χ0v) is 18.1. The first-order valence-corrected chi connectivity index (χ1v) is 10.4. The molecule has 0 saturated carbocycles. The van der Waals surface area contributed by atoms with Crippen molar-refractivity contribution < 1.29 is 24.5 Å². The number of hydrazine groups is 1. The molecule has 2 saturated heterocycles. The van der Waals surface area contributed by atoms with Gasteiger partial charge in [-0.25, -0.2) is 10.9 Å². The second-order valence-corrected chi connectivity index (χ2v) is 8.46. The highest BCUT2D eigenvalue weighted by Gasteiger charge is 2.49. The summed E-state index contributed by atoms with van der Waals surface area (Å²) in [5, 5.41) is 23.7. The summed E-state index contributed by atoms with van der Waals surface area (Å²) in [5.74, 6) is -1.11. The first kappa shape index (κ1) is 20.9.